The molecule has 9 nitrogen and oxygen atoms in total. The molecule has 2 rings (SSSR count). The fraction of sp³-hybridized carbons (Fsp3) is 0.200. The molecule has 0 aliphatic rings. The van der Waals surface area contributed by atoms with E-state index in [0.717, 1.165) is 11.5 Å². The van der Waals surface area contributed by atoms with Crippen LogP contribution in [0.25, 0.3) is 0 Å². The van der Waals surface area contributed by atoms with Gasteiger partial charge < -0.3 is 5.32 Å². The molecule has 21 heavy (non-hydrogen) atoms. The Bertz CT molecular complexity index is 745. The summed E-state index contributed by atoms with van der Waals surface area (Å²) in [5.41, 5.74) is -0.0268. The third-order valence-corrected chi connectivity index (χ3v) is 4.54. The van der Waals surface area contributed by atoms with Gasteiger partial charge in [-0.15, -0.1) is 5.10 Å². The summed E-state index contributed by atoms with van der Waals surface area (Å²) in [6.45, 7) is 2.39. The molecule has 0 bridgehead atoms. The molecule has 0 unspecified atom stereocenters. The van der Waals surface area contributed by atoms with E-state index in [0.29, 0.717) is 12.2 Å². The van der Waals surface area contributed by atoms with Crippen LogP contribution >= 0.6 is 11.5 Å². The summed E-state index contributed by atoms with van der Waals surface area (Å²) in [6.07, 6.45) is 1.22. The highest BCUT2D eigenvalue weighted by molar-refractivity contribution is 7.93. The second-order valence-electron chi connectivity index (χ2n) is 3.86. The maximum Gasteiger partial charge on any atom is 0.291 e. The predicted octanol–water partition coefficient (Wildman–Crippen LogP) is 1.68. The molecule has 0 fully saturated rings. The summed E-state index contributed by atoms with van der Waals surface area (Å²) >= 11 is 0.836. The quantitative estimate of drug-likeness (QED) is 0.609. The lowest BCUT2D eigenvalue weighted by Gasteiger charge is -2.08. The van der Waals surface area contributed by atoms with Gasteiger partial charge in [0, 0.05) is 29.8 Å². The first-order chi connectivity index (χ1) is 9.94. The van der Waals surface area contributed by atoms with Crippen LogP contribution in [0.1, 0.15) is 6.92 Å². The van der Waals surface area contributed by atoms with E-state index in [4.69, 9.17) is 0 Å². The Morgan fingerprint density at radius 2 is 2.19 bits per heavy atom. The summed E-state index contributed by atoms with van der Waals surface area (Å²) < 4.78 is 30.1. The first kappa shape index (κ1) is 15.1. The van der Waals surface area contributed by atoms with E-state index in [1.54, 1.807) is 0 Å². The Morgan fingerprint density at radius 1 is 1.43 bits per heavy atom. The van der Waals surface area contributed by atoms with Gasteiger partial charge in [0.15, 0.2) is 4.90 Å². The average molecular weight is 329 g/mol. The molecule has 0 amide bonds. The highest BCUT2D eigenvalue weighted by Gasteiger charge is 2.26. The molecular weight excluding hydrogens is 318 g/mol. The number of nitrogens with zero attached hydrogens (tertiary/aromatic N) is 3. The molecule has 0 aliphatic heterocycles. The van der Waals surface area contributed by atoms with Gasteiger partial charge in [-0.3, -0.25) is 14.8 Å². The minimum absolute atomic E-state index is 0.181. The Balaban J connectivity index is 2.44. The van der Waals surface area contributed by atoms with Crippen molar-refractivity contribution >= 4 is 37.9 Å². The van der Waals surface area contributed by atoms with Crippen LogP contribution in [0.4, 0.5) is 16.4 Å². The zero-order valence-electron chi connectivity index (χ0n) is 10.8. The lowest BCUT2D eigenvalue weighted by atomic mass is 10.3. The molecule has 2 aromatic rings. The normalized spacial score (nSPS) is 11.1. The molecule has 1 aromatic heterocycles. The van der Waals surface area contributed by atoms with Gasteiger partial charge in [-0.2, -0.15) is 0 Å². The van der Waals surface area contributed by atoms with Gasteiger partial charge in [0.2, 0.25) is 0 Å². The molecule has 112 valence electrons. The molecule has 0 atom stereocenters. The molecule has 2 N–H and O–H groups in total. The summed E-state index contributed by atoms with van der Waals surface area (Å²) in [4.78, 5) is 9.94. The third-order valence-electron chi connectivity index (χ3n) is 2.42. The van der Waals surface area contributed by atoms with Gasteiger partial charge in [0.05, 0.1) is 11.1 Å². The van der Waals surface area contributed by atoms with Crippen molar-refractivity contribution in [1.29, 1.82) is 0 Å². The van der Waals surface area contributed by atoms with Crippen LogP contribution < -0.4 is 10.0 Å². The highest BCUT2D eigenvalue weighted by atomic mass is 32.2. The van der Waals surface area contributed by atoms with E-state index in [1.807, 2.05) is 6.92 Å². The van der Waals surface area contributed by atoms with E-state index >= 15 is 0 Å². The van der Waals surface area contributed by atoms with Crippen LogP contribution in [0.15, 0.2) is 29.3 Å². The Hall–Kier alpha value is -2.27. The number of benzene rings is 1. The fourth-order valence-electron chi connectivity index (χ4n) is 1.60. The van der Waals surface area contributed by atoms with E-state index in [2.05, 4.69) is 19.6 Å². The third kappa shape index (κ3) is 3.44. The van der Waals surface area contributed by atoms with E-state index in [9.17, 15) is 18.5 Å². The number of nitro benzene ring substituents is 1. The number of anilines is 2. The number of hydrogen-bond donors (Lipinski definition) is 2. The smallest absolute Gasteiger partial charge is 0.291 e. The van der Waals surface area contributed by atoms with Crippen LogP contribution in [0.5, 0.6) is 0 Å². The van der Waals surface area contributed by atoms with Crippen LogP contribution in [0.2, 0.25) is 0 Å². The first-order valence-corrected chi connectivity index (χ1v) is 8.02. The molecule has 1 heterocycles. The maximum atomic E-state index is 12.2. The van der Waals surface area contributed by atoms with Crippen LogP contribution in [-0.4, -0.2) is 29.5 Å². The van der Waals surface area contributed by atoms with Gasteiger partial charge >= 0.3 is 0 Å². The van der Waals surface area contributed by atoms with Crippen molar-refractivity contribution in [3.8, 4) is 0 Å². The number of nitrogens with one attached hydrogen (secondary N) is 2. The Morgan fingerprint density at radius 3 is 2.76 bits per heavy atom. The molecule has 0 saturated carbocycles. The topological polar surface area (TPSA) is 127 Å². The molecule has 1 aromatic carbocycles. The maximum absolute atomic E-state index is 12.2. The van der Waals surface area contributed by atoms with Crippen LogP contribution in [0.3, 0.4) is 0 Å². The first-order valence-electron chi connectivity index (χ1n) is 5.76. The summed E-state index contributed by atoms with van der Waals surface area (Å²) in [7, 11) is -4.08. The van der Waals surface area contributed by atoms with Crippen molar-refractivity contribution in [2.45, 2.75) is 11.8 Å². The summed E-state index contributed by atoms with van der Waals surface area (Å²) in [5, 5.41) is 17.7. The molecule has 0 radical (unpaired) electrons. The minimum Gasteiger partial charge on any atom is -0.385 e. The zero-order chi connectivity index (χ0) is 15.5. The number of hydrogen-bond acceptors (Lipinski definition) is 8. The Kier molecular flexibility index (Phi) is 4.33. The van der Waals surface area contributed by atoms with E-state index in [1.165, 1.54) is 24.4 Å². The Labute approximate surface area is 124 Å². The number of aromatic nitrogens is 2. The second kappa shape index (κ2) is 6.01. The van der Waals surface area contributed by atoms with Gasteiger partial charge in [-0.05, 0) is 19.1 Å². The molecule has 0 saturated heterocycles. The van der Waals surface area contributed by atoms with E-state index in [-0.39, 0.29) is 5.00 Å². The van der Waals surface area contributed by atoms with Crippen molar-refractivity contribution in [3.05, 3.63) is 34.5 Å². The zero-order valence-corrected chi connectivity index (χ0v) is 12.4. The number of sulfonamides is 1. The number of rotatable bonds is 6. The van der Waals surface area contributed by atoms with Crippen molar-refractivity contribution in [1.82, 2.24) is 9.59 Å². The van der Waals surface area contributed by atoms with Gasteiger partial charge in [-0.1, -0.05) is 4.49 Å². The monoisotopic (exact) mass is 329 g/mol. The fourth-order valence-corrected chi connectivity index (χ4v) is 3.44. The highest BCUT2D eigenvalue weighted by Crippen LogP contribution is 2.29. The van der Waals surface area contributed by atoms with Crippen molar-refractivity contribution in [3.63, 3.8) is 0 Å². The molecular formula is C10H11N5O4S2. The van der Waals surface area contributed by atoms with Gasteiger partial charge in [-0.25, -0.2) is 8.42 Å². The second-order valence-corrected chi connectivity index (χ2v) is 6.29. The van der Waals surface area contributed by atoms with Crippen molar-refractivity contribution in [2.75, 3.05) is 16.6 Å². The summed E-state index contributed by atoms with van der Waals surface area (Å²) in [5.74, 6) is 0. The lowest BCUT2D eigenvalue weighted by molar-refractivity contribution is -0.387. The van der Waals surface area contributed by atoms with Crippen LogP contribution in [0, 0.1) is 10.1 Å². The average Bonchev–Trinajstić information content (AvgIpc) is 2.91. The standard InChI is InChI=1S/C10H11N5O4S2/c1-2-11-7-3-4-9(8(5-7)15(16)17)21(18,19)13-10-6-12-14-20-10/h3-6,11,13H,2H2,1H3. The van der Waals surface area contributed by atoms with Crippen molar-refractivity contribution in [2.24, 2.45) is 0 Å². The minimum atomic E-state index is -4.08. The summed E-state index contributed by atoms with van der Waals surface area (Å²) in [6, 6.07) is 3.84. The van der Waals surface area contributed by atoms with Crippen LogP contribution in [-0.2, 0) is 10.0 Å². The largest absolute Gasteiger partial charge is 0.385 e. The van der Waals surface area contributed by atoms with E-state index < -0.39 is 25.5 Å². The molecule has 0 spiro atoms. The van der Waals surface area contributed by atoms with Crippen molar-refractivity contribution < 1.29 is 13.3 Å². The van der Waals surface area contributed by atoms with Gasteiger partial charge in [0.25, 0.3) is 15.7 Å². The predicted molar refractivity (Wildman–Crippen MR) is 78.0 cm³/mol. The number of nitro groups is 1. The lowest BCUT2D eigenvalue weighted by Crippen LogP contribution is -2.14. The molecule has 11 heteroatoms. The SMILES string of the molecule is CCNc1ccc(S(=O)(=O)Nc2cnns2)c([N+](=O)[O-])c1. The molecule has 0 aliphatic carbocycles. The van der Waals surface area contributed by atoms with Gasteiger partial charge in [0.1, 0.15) is 5.00 Å².